The molecule has 0 radical (unpaired) electrons. The van der Waals surface area contributed by atoms with Crippen molar-refractivity contribution in [3.63, 3.8) is 0 Å². The Labute approximate surface area is 144 Å². The van der Waals surface area contributed by atoms with Crippen LogP contribution in [-0.4, -0.2) is 17.6 Å². The number of carbonyl (C=O) groups excluding carboxylic acids is 1. The summed E-state index contributed by atoms with van der Waals surface area (Å²) in [5.41, 5.74) is 4.17. The van der Waals surface area contributed by atoms with Crippen molar-refractivity contribution >= 4 is 5.97 Å². The highest BCUT2D eigenvalue weighted by Crippen LogP contribution is 2.40. The lowest BCUT2D eigenvalue weighted by molar-refractivity contribution is 0.0526. The Balaban J connectivity index is 2.06. The van der Waals surface area contributed by atoms with Gasteiger partial charge in [0.05, 0.1) is 12.2 Å². The lowest BCUT2D eigenvalue weighted by Gasteiger charge is -2.32. The molecule has 1 aromatic heterocycles. The minimum atomic E-state index is -0.355. The van der Waals surface area contributed by atoms with E-state index >= 15 is 0 Å². The lowest BCUT2D eigenvalue weighted by atomic mass is 9.73. The third kappa shape index (κ3) is 4.58. The summed E-state index contributed by atoms with van der Waals surface area (Å²) in [7, 11) is 0. The summed E-state index contributed by atoms with van der Waals surface area (Å²) >= 11 is 0. The van der Waals surface area contributed by atoms with E-state index in [-0.39, 0.29) is 11.4 Å². The first-order chi connectivity index (χ1) is 11.4. The summed E-state index contributed by atoms with van der Waals surface area (Å²) in [6.07, 6.45) is 9.18. The van der Waals surface area contributed by atoms with Crippen molar-refractivity contribution in [2.45, 2.75) is 47.0 Å². The average molecular weight is 323 g/mol. The van der Waals surface area contributed by atoms with E-state index in [9.17, 15) is 4.79 Å². The molecule has 1 aliphatic carbocycles. The van der Waals surface area contributed by atoms with Gasteiger partial charge in [0.1, 0.15) is 5.69 Å². The van der Waals surface area contributed by atoms with E-state index in [1.54, 1.807) is 19.1 Å². The maximum atomic E-state index is 11.6. The maximum Gasteiger partial charge on any atom is 0.339 e. The molecule has 1 aromatic rings. The molecule has 1 heterocycles. The van der Waals surface area contributed by atoms with Crippen LogP contribution < -0.4 is 0 Å². The van der Waals surface area contributed by atoms with Gasteiger partial charge in [-0.3, -0.25) is 0 Å². The number of hydrogen-bond acceptors (Lipinski definition) is 3. The number of ether oxygens (including phenoxy) is 1. The van der Waals surface area contributed by atoms with Crippen LogP contribution in [0.15, 0.2) is 41.6 Å². The van der Waals surface area contributed by atoms with Crippen LogP contribution in [0.3, 0.4) is 0 Å². The maximum absolute atomic E-state index is 11.6. The zero-order valence-corrected chi connectivity index (χ0v) is 15.0. The van der Waals surface area contributed by atoms with Crippen molar-refractivity contribution in [3.05, 3.63) is 52.9 Å². The molecular formula is C21H25NO2. The molecule has 0 fully saturated rings. The van der Waals surface area contributed by atoms with Gasteiger partial charge in [-0.2, -0.15) is 0 Å². The minimum absolute atomic E-state index is 0.222. The molecule has 0 saturated heterocycles. The third-order valence-corrected chi connectivity index (χ3v) is 4.35. The van der Waals surface area contributed by atoms with Crippen LogP contribution >= 0.6 is 0 Å². The molecule has 1 aliphatic rings. The van der Waals surface area contributed by atoms with Crippen molar-refractivity contribution in [1.29, 1.82) is 0 Å². The molecule has 0 saturated carbocycles. The number of nitrogens with zero attached hydrogens (tertiary/aromatic N) is 1. The molecule has 2 rings (SSSR count). The summed E-state index contributed by atoms with van der Waals surface area (Å²) in [4.78, 5) is 15.8. The van der Waals surface area contributed by atoms with Gasteiger partial charge in [-0.25, -0.2) is 9.78 Å². The number of aromatic nitrogens is 1. The lowest BCUT2D eigenvalue weighted by Crippen LogP contribution is -2.18. The Morgan fingerprint density at radius 1 is 1.42 bits per heavy atom. The Bertz CT molecular complexity index is 712. The van der Waals surface area contributed by atoms with E-state index in [1.807, 2.05) is 6.08 Å². The molecule has 3 heteroatoms. The van der Waals surface area contributed by atoms with Crippen molar-refractivity contribution in [2.24, 2.45) is 5.41 Å². The Morgan fingerprint density at radius 3 is 2.83 bits per heavy atom. The molecule has 0 amide bonds. The highest BCUT2D eigenvalue weighted by Gasteiger charge is 2.26. The number of rotatable bonds is 3. The first-order valence-corrected chi connectivity index (χ1v) is 8.45. The summed E-state index contributed by atoms with van der Waals surface area (Å²) in [5, 5.41) is 0. The van der Waals surface area contributed by atoms with Gasteiger partial charge in [0.2, 0.25) is 0 Å². The van der Waals surface area contributed by atoms with Crippen LogP contribution in [0.25, 0.3) is 0 Å². The standard InChI is InChI=1S/C21H25NO2/c1-5-24-20(23)17-12-13-18(22-15-17)10-6-7-11-19-16(2)9-8-14-21(19,3)4/h7,11-13,15H,5,8-9,14H2,1-4H3. The highest BCUT2D eigenvalue weighted by atomic mass is 16.5. The van der Waals surface area contributed by atoms with Crippen LogP contribution in [0.1, 0.15) is 63.0 Å². The zero-order chi connectivity index (χ0) is 17.6. The number of esters is 1. The number of allylic oxidation sites excluding steroid dienone is 4. The van der Waals surface area contributed by atoms with Gasteiger partial charge in [-0.15, -0.1) is 0 Å². The van der Waals surface area contributed by atoms with Crippen LogP contribution in [-0.2, 0) is 4.74 Å². The molecule has 0 N–H and O–H groups in total. The summed E-state index contributed by atoms with van der Waals surface area (Å²) in [6.45, 7) is 8.93. The summed E-state index contributed by atoms with van der Waals surface area (Å²) in [5.74, 6) is 5.68. The fourth-order valence-electron chi connectivity index (χ4n) is 3.05. The van der Waals surface area contributed by atoms with Gasteiger partial charge in [0.15, 0.2) is 0 Å². The second-order valence-corrected chi connectivity index (χ2v) is 6.69. The second-order valence-electron chi connectivity index (χ2n) is 6.69. The van der Waals surface area contributed by atoms with E-state index in [0.717, 1.165) is 0 Å². The molecule has 0 bridgehead atoms. The third-order valence-electron chi connectivity index (χ3n) is 4.35. The molecule has 0 aliphatic heterocycles. The fourth-order valence-corrected chi connectivity index (χ4v) is 3.05. The van der Waals surface area contributed by atoms with Gasteiger partial charge >= 0.3 is 5.97 Å². The van der Waals surface area contributed by atoms with Gasteiger partial charge < -0.3 is 4.74 Å². The fraction of sp³-hybridized carbons (Fsp3) is 0.429. The van der Waals surface area contributed by atoms with E-state index < -0.39 is 0 Å². The van der Waals surface area contributed by atoms with Crippen molar-refractivity contribution in [1.82, 2.24) is 4.98 Å². The number of hydrogen-bond donors (Lipinski definition) is 0. The molecule has 0 spiro atoms. The summed E-state index contributed by atoms with van der Waals surface area (Å²) < 4.78 is 4.93. The van der Waals surface area contributed by atoms with E-state index in [1.165, 1.54) is 36.6 Å². The smallest absolute Gasteiger partial charge is 0.339 e. The Morgan fingerprint density at radius 2 is 2.21 bits per heavy atom. The van der Waals surface area contributed by atoms with Crippen LogP contribution in [0, 0.1) is 17.3 Å². The second kappa shape index (κ2) is 7.97. The largest absolute Gasteiger partial charge is 0.462 e. The molecule has 0 unspecified atom stereocenters. The monoisotopic (exact) mass is 323 g/mol. The topological polar surface area (TPSA) is 39.2 Å². The van der Waals surface area contributed by atoms with E-state index in [0.29, 0.717) is 17.9 Å². The predicted molar refractivity (Wildman–Crippen MR) is 96.5 cm³/mol. The predicted octanol–water partition coefficient (Wildman–Crippen LogP) is 4.69. The van der Waals surface area contributed by atoms with Gasteiger partial charge in [0, 0.05) is 6.20 Å². The Kier molecular flexibility index (Phi) is 5.98. The number of carbonyl (C=O) groups is 1. The van der Waals surface area contributed by atoms with Crippen LogP contribution in [0.4, 0.5) is 0 Å². The van der Waals surface area contributed by atoms with E-state index in [2.05, 4.69) is 43.7 Å². The first kappa shape index (κ1) is 18.0. The van der Waals surface area contributed by atoms with Crippen LogP contribution in [0.2, 0.25) is 0 Å². The SMILES string of the molecule is CCOC(=O)c1ccc(C#CC=CC2=C(C)CCCC2(C)C)nc1. The van der Waals surface area contributed by atoms with Crippen molar-refractivity contribution in [2.75, 3.05) is 6.61 Å². The van der Waals surface area contributed by atoms with Crippen molar-refractivity contribution < 1.29 is 9.53 Å². The van der Waals surface area contributed by atoms with Gasteiger partial charge in [-0.05, 0) is 68.2 Å². The molecule has 126 valence electrons. The highest BCUT2D eigenvalue weighted by molar-refractivity contribution is 5.89. The summed E-state index contributed by atoms with van der Waals surface area (Å²) in [6, 6.07) is 3.43. The van der Waals surface area contributed by atoms with Crippen molar-refractivity contribution in [3.8, 4) is 11.8 Å². The molecule has 0 aromatic carbocycles. The zero-order valence-electron chi connectivity index (χ0n) is 15.0. The average Bonchev–Trinajstić information content (AvgIpc) is 2.54. The van der Waals surface area contributed by atoms with Gasteiger partial charge in [-0.1, -0.05) is 31.4 Å². The first-order valence-electron chi connectivity index (χ1n) is 8.45. The number of pyridine rings is 1. The van der Waals surface area contributed by atoms with Gasteiger partial charge in [0.25, 0.3) is 0 Å². The molecular weight excluding hydrogens is 298 g/mol. The van der Waals surface area contributed by atoms with Crippen LogP contribution in [0.5, 0.6) is 0 Å². The van der Waals surface area contributed by atoms with E-state index in [4.69, 9.17) is 4.74 Å². The Hall–Kier alpha value is -2.34. The minimum Gasteiger partial charge on any atom is -0.462 e. The molecule has 24 heavy (non-hydrogen) atoms. The molecule has 3 nitrogen and oxygen atoms in total. The quantitative estimate of drug-likeness (QED) is 0.598. The molecule has 0 atom stereocenters. The normalized spacial score (nSPS) is 16.7.